The van der Waals surface area contributed by atoms with Gasteiger partial charge in [-0.05, 0) is 49.0 Å². The average Bonchev–Trinajstić information content (AvgIpc) is 2.97. The maximum absolute atomic E-state index is 12.5. The minimum absolute atomic E-state index is 0.0323. The van der Waals surface area contributed by atoms with Crippen molar-refractivity contribution in [2.45, 2.75) is 96.1 Å². The Morgan fingerprint density at radius 1 is 1.27 bits per heavy atom. The first-order chi connectivity index (χ1) is 13.9. The fourth-order valence-corrected chi connectivity index (χ4v) is 7.98. The number of hydrogen-bond acceptors (Lipinski definition) is 3. The van der Waals surface area contributed by atoms with E-state index >= 15 is 0 Å². The second-order valence-electron chi connectivity index (χ2n) is 11.3. The van der Waals surface area contributed by atoms with Gasteiger partial charge in [-0.2, -0.15) is 0 Å². The van der Waals surface area contributed by atoms with E-state index in [9.17, 15) is 4.79 Å². The van der Waals surface area contributed by atoms with Crippen molar-refractivity contribution in [1.29, 1.82) is 0 Å². The van der Waals surface area contributed by atoms with E-state index in [1.165, 1.54) is 5.57 Å². The number of alkyl halides is 1. The Bertz CT molecular complexity index is 834. The summed E-state index contributed by atoms with van der Waals surface area (Å²) in [5, 5.41) is 0.203. The molecule has 0 aromatic heterocycles. The lowest BCUT2D eigenvalue weighted by Gasteiger charge is -2.53. The van der Waals surface area contributed by atoms with Crippen LogP contribution in [-0.2, 0) is 14.0 Å². The van der Waals surface area contributed by atoms with Crippen LogP contribution < -0.4 is 0 Å². The maximum atomic E-state index is 12.5. The summed E-state index contributed by atoms with van der Waals surface area (Å²) in [7, 11) is -1.86. The molecule has 166 valence electrons. The summed E-state index contributed by atoms with van der Waals surface area (Å²) >= 11 is 2.48. The predicted octanol–water partition coefficient (Wildman–Crippen LogP) is 6.89. The van der Waals surface area contributed by atoms with Gasteiger partial charge in [0.05, 0.1) is 11.7 Å². The second kappa shape index (κ2) is 7.58. The van der Waals surface area contributed by atoms with Crippen LogP contribution in [0.3, 0.4) is 0 Å². The van der Waals surface area contributed by atoms with Crippen molar-refractivity contribution >= 4 is 36.7 Å². The molecule has 1 heterocycles. The summed E-state index contributed by atoms with van der Waals surface area (Å²) in [5.74, 6) is 1.59. The largest absolute Gasteiger partial charge is 0.486 e. The molecule has 0 amide bonds. The van der Waals surface area contributed by atoms with Crippen LogP contribution in [0.5, 0.6) is 0 Å². The van der Waals surface area contributed by atoms with Gasteiger partial charge in [-0.25, -0.2) is 0 Å². The van der Waals surface area contributed by atoms with Crippen LogP contribution in [0.4, 0.5) is 0 Å². The van der Waals surface area contributed by atoms with Crippen molar-refractivity contribution in [3.05, 3.63) is 35.1 Å². The van der Waals surface area contributed by atoms with E-state index in [0.717, 1.165) is 47.9 Å². The van der Waals surface area contributed by atoms with Gasteiger partial charge >= 0.3 is 0 Å². The third kappa shape index (κ3) is 3.42. The number of ether oxygens (including phenoxy) is 1. The van der Waals surface area contributed by atoms with Crippen LogP contribution in [-0.4, -0.2) is 30.2 Å². The third-order valence-electron chi connectivity index (χ3n) is 8.56. The van der Waals surface area contributed by atoms with Gasteiger partial charge in [-0.3, -0.25) is 4.79 Å². The molecule has 5 heteroatoms. The zero-order chi connectivity index (χ0) is 21.9. The van der Waals surface area contributed by atoms with E-state index in [4.69, 9.17) is 9.16 Å². The molecule has 30 heavy (non-hydrogen) atoms. The Morgan fingerprint density at radius 3 is 2.67 bits per heavy atom. The van der Waals surface area contributed by atoms with Crippen molar-refractivity contribution < 1.29 is 14.0 Å². The lowest BCUT2D eigenvalue weighted by Crippen LogP contribution is -2.55. The summed E-state index contributed by atoms with van der Waals surface area (Å²) in [6.45, 7) is 14.1. The highest BCUT2D eigenvalue weighted by Crippen LogP contribution is 2.61. The quantitative estimate of drug-likeness (QED) is 0.221. The number of allylic oxidation sites excluding steroid dienone is 3. The molecule has 0 aromatic carbocycles. The predicted molar refractivity (Wildman–Crippen MR) is 133 cm³/mol. The maximum Gasteiger partial charge on any atom is 0.192 e. The van der Waals surface area contributed by atoms with Crippen LogP contribution in [0.2, 0.25) is 18.1 Å². The molecular formula is C25H37IO3Si. The van der Waals surface area contributed by atoms with Crippen LogP contribution in [0.1, 0.15) is 66.2 Å². The van der Waals surface area contributed by atoms with E-state index < -0.39 is 8.32 Å². The first-order valence-corrected chi connectivity index (χ1v) is 16.0. The summed E-state index contributed by atoms with van der Waals surface area (Å²) in [6, 6.07) is 0. The lowest BCUT2D eigenvalue weighted by atomic mass is 9.61. The average molecular weight is 541 g/mol. The molecular weight excluding hydrogens is 503 g/mol. The summed E-state index contributed by atoms with van der Waals surface area (Å²) in [6.07, 6.45) is 12.7. The molecule has 1 fully saturated rings. The molecule has 1 saturated carbocycles. The van der Waals surface area contributed by atoms with Gasteiger partial charge in [0.25, 0.3) is 0 Å². The molecule has 1 aliphatic heterocycles. The molecule has 0 bridgehead atoms. The van der Waals surface area contributed by atoms with E-state index in [1.807, 2.05) is 0 Å². The third-order valence-corrected chi connectivity index (χ3v) is 13.6. The fourth-order valence-electron chi connectivity index (χ4n) is 5.74. The number of carbonyl (C=O) groups excluding carboxylic acids is 1. The molecule has 0 aromatic rings. The van der Waals surface area contributed by atoms with Gasteiger partial charge in [0.2, 0.25) is 0 Å². The van der Waals surface area contributed by atoms with Gasteiger partial charge in [0.15, 0.2) is 14.1 Å². The summed E-state index contributed by atoms with van der Waals surface area (Å²) < 4.78 is 15.0. The number of rotatable bonds is 4. The zero-order valence-corrected chi connectivity index (χ0v) is 22.6. The number of ketones is 1. The highest BCUT2D eigenvalue weighted by atomic mass is 127. The van der Waals surface area contributed by atoms with Crippen LogP contribution in [0.25, 0.3) is 0 Å². The van der Waals surface area contributed by atoms with E-state index in [-0.39, 0.29) is 27.9 Å². The Kier molecular flexibility index (Phi) is 5.76. The van der Waals surface area contributed by atoms with Gasteiger partial charge in [-0.15, -0.1) is 0 Å². The number of halogens is 1. The Labute approximate surface area is 197 Å². The first kappa shape index (κ1) is 22.8. The molecule has 0 N–H and O–H groups in total. The highest BCUT2D eigenvalue weighted by molar-refractivity contribution is 14.1. The number of carbonyl (C=O) groups is 1. The minimum atomic E-state index is -1.86. The fraction of sp³-hybridized carbons (Fsp3) is 0.720. The Hall–Kier alpha value is -0.403. The summed E-state index contributed by atoms with van der Waals surface area (Å²) in [5.41, 5.74) is 1.70. The van der Waals surface area contributed by atoms with Crippen molar-refractivity contribution in [3.8, 4) is 0 Å². The van der Waals surface area contributed by atoms with Gasteiger partial charge in [-0.1, -0.05) is 62.4 Å². The van der Waals surface area contributed by atoms with E-state index in [1.54, 1.807) is 0 Å². The van der Waals surface area contributed by atoms with E-state index in [0.29, 0.717) is 12.3 Å². The van der Waals surface area contributed by atoms with Crippen molar-refractivity contribution in [3.63, 3.8) is 0 Å². The van der Waals surface area contributed by atoms with Crippen molar-refractivity contribution in [2.24, 2.45) is 11.3 Å². The number of fused-ring (bicyclic) bond motifs is 3. The minimum Gasteiger partial charge on any atom is -0.486 e. The monoisotopic (exact) mass is 540 g/mol. The molecule has 0 saturated heterocycles. The van der Waals surface area contributed by atoms with Gasteiger partial charge < -0.3 is 9.16 Å². The van der Waals surface area contributed by atoms with Gasteiger partial charge in [0, 0.05) is 35.0 Å². The smallest absolute Gasteiger partial charge is 0.192 e. The molecule has 0 unspecified atom stereocenters. The summed E-state index contributed by atoms with van der Waals surface area (Å²) in [4.78, 5) is 12.5. The van der Waals surface area contributed by atoms with Gasteiger partial charge in [0.1, 0.15) is 11.4 Å². The Morgan fingerprint density at radius 2 is 2.00 bits per heavy atom. The highest BCUT2D eigenvalue weighted by Gasteiger charge is 2.61. The first-order valence-electron chi connectivity index (χ1n) is 11.6. The SMILES string of the molecule is CC(C)(C)[Si](C)(C)O[C@H]1CC[C@@H]2[C@]1(C)C=CC1=CC3=C(CCCC3=O)O[C@]12CCI. The second-order valence-corrected chi connectivity index (χ2v) is 17.2. The number of Topliss-reactive ketones (excluding diaryl/α,β-unsaturated/α-hetero) is 1. The normalized spacial score (nSPS) is 36.1. The van der Waals surface area contributed by atoms with E-state index in [2.05, 4.69) is 81.6 Å². The topological polar surface area (TPSA) is 35.5 Å². The van der Waals surface area contributed by atoms with Crippen molar-refractivity contribution in [2.75, 3.05) is 4.43 Å². The molecule has 0 radical (unpaired) electrons. The Balaban J connectivity index is 1.73. The van der Waals surface area contributed by atoms with Crippen molar-refractivity contribution in [1.82, 2.24) is 0 Å². The molecule has 4 aliphatic rings. The standard InChI is InChI=1S/C25H37IO3Si/c1-23(2,3)30(5,6)29-22-11-10-21-24(22,4)13-12-17-16-18-19(27)8-7-9-20(18)28-25(17,21)14-15-26/h12-13,16,21-22H,7-11,14-15H2,1-6H3/t21-,22+,24+,25-/m1/s1. The molecule has 0 spiro atoms. The molecule has 3 nitrogen and oxygen atoms in total. The number of hydrogen-bond donors (Lipinski definition) is 0. The molecule has 3 aliphatic carbocycles. The molecule has 4 atom stereocenters. The molecule has 4 rings (SSSR count). The lowest BCUT2D eigenvalue weighted by molar-refractivity contribution is -0.117. The van der Waals surface area contributed by atoms with Crippen LogP contribution in [0, 0.1) is 11.3 Å². The van der Waals surface area contributed by atoms with Crippen LogP contribution >= 0.6 is 22.6 Å². The zero-order valence-electron chi connectivity index (χ0n) is 19.4. The van der Waals surface area contributed by atoms with Crippen LogP contribution in [0.15, 0.2) is 35.1 Å².